The van der Waals surface area contributed by atoms with Crippen LogP contribution in [0.4, 0.5) is 0 Å². The highest BCUT2D eigenvalue weighted by molar-refractivity contribution is 5.97. The first-order valence-electron chi connectivity index (χ1n) is 5.79. The Morgan fingerprint density at radius 1 is 1.53 bits per heavy atom. The third-order valence-electron chi connectivity index (χ3n) is 2.73. The van der Waals surface area contributed by atoms with Crippen LogP contribution in [0.15, 0.2) is 30.6 Å². The van der Waals surface area contributed by atoms with Gasteiger partial charge in [-0.1, -0.05) is 0 Å². The number of benzene rings is 1. The number of phenols is 1. The maximum atomic E-state index is 12.1. The number of methoxy groups -OCH3 is 1. The normalized spacial score (nSPS) is 11.9. The minimum absolute atomic E-state index is 0.0926. The fourth-order valence-corrected chi connectivity index (χ4v) is 1.68. The number of aromatic hydroxyl groups is 1. The van der Waals surface area contributed by atoms with E-state index in [1.165, 1.54) is 19.2 Å². The Kier molecular flexibility index (Phi) is 3.70. The van der Waals surface area contributed by atoms with Gasteiger partial charge in [0.15, 0.2) is 0 Å². The summed E-state index contributed by atoms with van der Waals surface area (Å²) < 4.78 is 5.03. The van der Waals surface area contributed by atoms with Crippen LogP contribution in [0.2, 0.25) is 0 Å². The molecule has 6 nitrogen and oxygen atoms in total. The first kappa shape index (κ1) is 12.9. The van der Waals surface area contributed by atoms with Crippen molar-refractivity contribution in [2.75, 3.05) is 7.11 Å². The second-order valence-corrected chi connectivity index (χ2v) is 4.05. The van der Waals surface area contributed by atoms with Crippen molar-refractivity contribution in [3.05, 3.63) is 42.0 Å². The Bertz CT molecular complexity index is 567. The van der Waals surface area contributed by atoms with E-state index in [9.17, 15) is 9.90 Å². The Balaban J connectivity index is 2.16. The van der Waals surface area contributed by atoms with E-state index >= 15 is 0 Å². The predicted octanol–water partition coefficient (Wildman–Crippen LogP) is 1.61. The maximum absolute atomic E-state index is 12.1. The van der Waals surface area contributed by atoms with E-state index in [0.717, 1.165) is 0 Å². The number of aromatic amines is 1. The molecule has 1 heterocycles. The summed E-state index contributed by atoms with van der Waals surface area (Å²) in [6, 6.07) is 4.21. The smallest absolute Gasteiger partial charge is 0.255 e. The van der Waals surface area contributed by atoms with Gasteiger partial charge in [-0.2, -0.15) is 0 Å². The van der Waals surface area contributed by atoms with Crippen molar-refractivity contribution in [2.45, 2.75) is 13.0 Å². The summed E-state index contributed by atoms with van der Waals surface area (Å²) in [6.45, 7) is 1.80. The molecule has 0 spiro atoms. The summed E-state index contributed by atoms with van der Waals surface area (Å²) in [5.41, 5.74) is 0.165. The van der Waals surface area contributed by atoms with Gasteiger partial charge in [-0.15, -0.1) is 0 Å². The Hall–Kier alpha value is -2.50. The molecule has 1 aromatic carbocycles. The number of carbonyl (C=O) groups excluding carboxylic acids is 1. The fourth-order valence-electron chi connectivity index (χ4n) is 1.68. The number of rotatable bonds is 4. The molecule has 1 amide bonds. The van der Waals surface area contributed by atoms with Gasteiger partial charge in [0.1, 0.15) is 17.3 Å². The fraction of sp³-hybridized carbons (Fsp3) is 0.231. The molecule has 100 valence electrons. The van der Waals surface area contributed by atoms with Crippen molar-refractivity contribution < 1.29 is 14.6 Å². The van der Waals surface area contributed by atoms with Crippen molar-refractivity contribution in [3.63, 3.8) is 0 Å². The van der Waals surface area contributed by atoms with Crippen molar-refractivity contribution in [1.29, 1.82) is 0 Å². The van der Waals surface area contributed by atoms with Gasteiger partial charge in [0.05, 0.1) is 18.7 Å². The monoisotopic (exact) mass is 261 g/mol. The number of imidazole rings is 1. The molecule has 0 saturated heterocycles. The highest BCUT2D eigenvalue weighted by atomic mass is 16.5. The predicted molar refractivity (Wildman–Crippen MR) is 69.1 cm³/mol. The molecule has 0 bridgehead atoms. The quantitative estimate of drug-likeness (QED) is 0.780. The minimum atomic E-state index is -0.389. The van der Waals surface area contributed by atoms with Gasteiger partial charge in [0.2, 0.25) is 0 Å². The largest absolute Gasteiger partial charge is 0.507 e. The number of amides is 1. The molecule has 0 radical (unpaired) electrons. The van der Waals surface area contributed by atoms with Gasteiger partial charge in [-0.05, 0) is 25.1 Å². The summed E-state index contributed by atoms with van der Waals surface area (Å²) in [6.07, 6.45) is 3.29. The number of hydrogen-bond acceptors (Lipinski definition) is 4. The van der Waals surface area contributed by atoms with Crippen LogP contribution in [0, 0.1) is 0 Å². The van der Waals surface area contributed by atoms with Crippen LogP contribution >= 0.6 is 0 Å². The van der Waals surface area contributed by atoms with E-state index in [1.807, 2.05) is 0 Å². The number of hydrogen-bond donors (Lipinski definition) is 3. The molecule has 2 rings (SSSR count). The number of phenolic OH excluding ortho intramolecular Hbond substituents is 1. The summed E-state index contributed by atoms with van der Waals surface area (Å²) in [7, 11) is 1.50. The van der Waals surface area contributed by atoms with E-state index < -0.39 is 0 Å². The van der Waals surface area contributed by atoms with E-state index in [4.69, 9.17) is 4.74 Å². The number of aromatic nitrogens is 2. The van der Waals surface area contributed by atoms with Crippen LogP contribution in [0.5, 0.6) is 11.5 Å². The van der Waals surface area contributed by atoms with Crippen LogP contribution in [0.25, 0.3) is 0 Å². The Morgan fingerprint density at radius 2 is 2.32 bits per heavy atom. The van der Waals surface area contributed by atoms with Crippen LogP contribution < -0.4 is 10.1 Å². The van der Waals surface area contributed by atoms with Crippen LogP contribution in [-0.2, 0) is 0 Å². The first-order valence-corrected chi connectivity index (χ1v) is 5.79. The van der Waals surface area contributed by atoms with E-state index in [-0.39, 0.29) is 23.3 Å². The zero-order valence-corrected chi connectivity index (χ0v) is 10.7. The molecule has 2 aromatic rings. The zero-order chi connectivity index (χ0) is 13.8. The van der Waals surface area contributed by atoms with Crippen molar-refractivity contribution in [3.8, 4) is 11.5 Å². The maximum Gasteiger partial charge on any atom is 0.255 e. The second kappa shape index (κ2) is 5.43. The highest BCUT2D eigenvalue weighted by Crippen LogP contribution is 2.23. The Labute approximate surface area is 110 Å². The molecule has 0 aliphatic carbocycles. The number of nitrogens with one attached hydrogen (secondary N) is 2. The average Bonchev–Trinajstić information content (AvgIpc) is 2.93. The van der Waals surface area contributed by atoms with Gasteiger partial charge in [0, 0.05) is 12.4 Å². The molecule has 6 heteroatoms. The number of nitrogens with zero attached hydrogens (tertiary/aromatic N) is 1. The Morgan fingerprint density at radius 3 is 2.95 bits per heavy atom. The molecule has 0 fully saturated rings. The van der Waals surface area contributed by atoms with E-state index in [0.29, 0.717) is 11.6 Å². The van der Waals surface area contributed by atoms with Gasteiger partial charge in [0.25, 0.3) is 5.91 Å². The number of H-pyrrole nitrogens is 1. The van der Waals surface area contributed by atoms with Crippen molar-refractivity contribution >= 4 is 5.91 Å². The topological polar surface area (TPSA) is 87.2 Å². The summed E-state index contributed by atoms with van der Waals surface area (Å²) in [4.78, 5) is 19.1. The molecular weight excluding hydrogens is 246 g/mol. The lowest BCUT2D eigenvalue weighted by Crippen LogP contribution is -2.27. The van der Waals surface area contributed by atoms with Crippen LogP contribution in [-0.4, -0.2) is 28.1 Å². The highest BCUT2D eigenvalue weighted by Gasteiger charge is 2.16. The summed E-state index contributed by atoms with van der Waals surface area (Å²) >= 11 is 0. The van der Waals surface area contributed by atoms with Crippen LogP contribution in [0.1, 0.15) is 29.1 Å². The molecule has 1 aromatic heterocycles. The van der Waals surface area contributed by atoms with Gasteiger partial charge in [-0.25, -0.2) is 4.98 Å². The molecule has 19 heavy (non-hydrogen) atoms. The first-order chi connectivity index (χ1) is 9.11. The van der Waals surface area contributed by atoms with E-state index in [1.54, 1.807) is 25.4 Å². The molecule has 1 atom stereocenters. The number of ether oxygens (including phenoxy) is 1. The molecule has 0 aliphatic heterocycles. The van der Waals surface area contributed by atoms with Crippen molar-refractivity contribution in [2.24, 2.45) is 0 Å². The molecule has 3 N–H and O–H groups in total. The van der Waals surface area contributed by atoms with Gasteiger partial charge >= 0.3 is 0 Å². The molecule has 0 saturated carbocycles. The summed E-state index contributed by atoms with van der Waals surface area (Å²) in [5, 5.41) is 12.4. The zero-order valence-electron chi connectivity index (χ0n) is 10.7. The molecule has 1 unspecified atom stereocenters. The lowest BCUT2D eigenvalue weighted by atomic mass is 10.1. The van der Waals surface area contributed by atoms with Gasteiger partial charge < -0.3 is 20.1 Å². The van der Waals surface area contributed by atoms with Crippen LogP contribution in [0.3, 0.4) is 0 Å². The van der Waals surface area contributed by atoms with Gasteiger partial charge in [-0.3, -0.25) is 4.79 Å². The summed E-state index contributed by atoms with van der Waals surface area (Å²) in [5.74, 6) is 0.676. The average molecular weight is 261 g/mol. The lowest BCUT2D eigenvalue weighted by Gasteiger charge is -2.13. The minimum Gasteiger partial charge on any atom is -0.507 e. The molecular formula is C13H15N3O3. The van der Waals surface area contributed by atoms with Crippen molar-refractivity contribution in [1.82, 2.24) is 15.3 Å². The second-order valence-electron chi connectivity index (χ2n) is 4.05. The lowest BCUT2D eigenvalue weighted by molar-refractivity contribution is 0.0935. The third kappa shape index (κ3) is 2.85. The third-order valence-corrected chi connectivity index (χ3v) is 2.73. The SMILES string of the molecule is COc1ccc(O)c(C(=O)NC(C)c2ncc[nH]2)c1. The van der Waals surface area contributed by atoms with E-state index in [2.05, 4.69) is 15.3 Å². The molecule has 0 aliphatic rings. The standard InChI is InChI=1S/C13H15N3O3/c1-8(12-14-5-6-15-12)16-13(18)10-7-9(19-2)3-4-11(10)17/h3-8,17H,1-2H3,(H,14,15)(H,16,18). The number of carbonyl (C=O) groups is 1.